The van der Waals surface area contributed by atoms with E-state index in [1.165, 1.54) is 0 Å². The number of methoxy groups -OCH3 is 1. The van der Waals surface area contributed by atoms with Crippen LogP contribution in [0.2, 0.25) is 0 Å². The fourth-order valence-electron chi connectivity index (χ4n) is 2.55. The molecule has 0 aliphatic rings. The molecule has 0 spiro atoms. The van der Waals surface area contributed by atoms with Crippen LogP contribution in [0.5, 0.6) is 5.75 Å². The number of aryl methyl sites for hydroxylation is 1. The summed E-state index contributed by atoms with van der Waals surface area (Å²) < 4.78 is 10.7. The van der Waals surface area contributed by atoms with E-state index in [2.05, 4.69) is 5.32 Å². The van der Waals surface area contributed by atoms with E-state index in [0.717, 1.165) is 33.4 Å². The van der Waals surface area contributed by atoms with Crippen molar-refractivity contribution in [3.8, 4) is 5.75 Å². The minimum Gasteiger partial charge on any atom is -0.497 e. The first-order valence-electron chi connectivity index (χ1n) is 7.52. The number of fused-ring (bicyclic) bond motifs is 1. The number of ether oxygens (including phenoxy) is 1. The van der Waals surface area contributed by atoms with Gasteiger partial charge in [-0.05, 0) is 36.2 Å². The van der Waals surface area contributed by atoms with Crippen LogP contribution in [-0.4, -0.2) is 13.0 Å². The van der Waals surface area contributed by atoms with Crippen molar-refractivity contribution in [2.24, 2.45) is 0 Å². The fourth-order valence-corrected chi connectivity index (χ4v) is 2.55. The third kappa shape index (κ3) is 3.54. The maximum Gasteiger partial charge on any atom is 0.224 e. The Kier molecular flexibility index (Phi) is 4.33. The molecule has 1 aromatic heterocycles. The van der Waals surface area contributed by atoms with Gasteiger partial charge in [0.05, 0.1) is 19.8 Å². The van der Waals surface area contributed by atoms with Gasteiger partial charge in [-0.15, -0.1) is 0 Å². The first-order valence-corrected chi connectivity index (χ1v) is 7.52. The summed E-state index contributed by atoms with van der Waals surface area (Å²) in [5, 5.41) is 3.92. The van der Waals surface area contributed by atoms with Crippen molar-refractivity contribution in [1.82, 2.24) is 5.32 Å². The molecule has 4 nitrogen and oxygen atoms in total. The SMILES string of the molecule is COc1cccc(CNC(=O)Cc2coc3cc(C)ccc23)c1. The summed E-state index contributed by atoms with van der Waals surface area (Å²) in [7, 11) is 1.63. The van der Waals surface area contributed by atoms with E-state index in [0.29, 0.717) is 13.0 Å². The Balaban J connectivity index is 1.64. The number of benzene rings is 2. The zero-order valence-electron chi connectivity index (χ0n) is 13.3. The molecule has 0 bridgehead atoms. The zero-order chi connectivity index (χ0) is 16.2. The molecule has 0 saturated carbocycles. The average molecular weight is 309 g/mol. The molecule has 3 aromatic rings. The van der Waals surface area contributed by atoms with E-state index in [9.17, 15) is 4.79 Å². The smallest absolute Gasteiger partial charge is 0.224 e. The average Bonchev–Trinajstić information content (AvgIpc) is 2.95. The monoisotopic (exact) mass is 309 g/mol. The van der Waals surface area contributed by atoms with Crippen molar-refractivity contribution in [3.05, 3.63) is 65.4 Å². The molecule has 23 heavy (non-hydrogen) atoms. The summed E-state index contributed by atoms with van der Waals surface area (Å²) in [6.07, 6.45) is 1.97. The van der Waals surface area contributed by atoms with Crippen LogP contribution in [-0.2, 0) is 17.8 Å². The highest BCUT2D eigenvalue weighted by Crippen LogP contribution is 2.22. The van der Waals surface area contributed by atoms with E-state index in [4.69, 9.17) is 9.15 Å². The van der Waals surface area contributed by atoms with E-state index >= 15 is 0 Å². The summed E-state index contributed by atoms with van der Waals surface area (Å²) in [5.41, 5.74) is 3.87. The molecule has 0 unspecified atom stereocenters. The van der Waals surface area contributed by atoms with Crippen LogP contribution in [0.15, 0.2) is 53.1 Å². The van der Waals surface area contributed by atoms with Crippen LogP contribution in [0, 0.1) is 6.92 Å². The van der Waals surface area contributed by atoms with Gasteiger partial charge in [-0.25, -0.2) is 0 Å². The van der Waals surface area contributed by atoms with Crippen LogP contribution in [0.1, 0.15) is 16.7 Å². The standard InChI is InChI=1S/C19H19NO3/c1-13-6-7-17-15(12-23-18(17)8-13)10-19(21)20-11-14-4-3-5-16(9-14)22-2/h3-9,12H,10-11H2,1-2H3,(H,20,21). The molecule has 2 aromatic carbocycles. The Hall–Kier alpha value is -2.75. The van der Waals surface area contributed by atoms with E-state index in [1.54, 1.807) is 13.4 Å². The van der Waals surface area contributed by atoms with Gasteiger partial charge in [0.25, 0.3) is 0 Å². The third-order valence-corrected chi connectivity index (χ3v) is 3.79. The number of carbonyl (C=O) groups is 1. The molecule has 0 saturated heterocycles. The van der Waals surface area contributed by atoms with Gasteiger partial charge in [-0.2, -0.15) is 0 Å². The van der Waals surface area contributed by atoms with Crippen LogP contribution >= 0.6 is 0 Å². The molecule has 0 aliphatic heterocycles. The van der Waals surface area contributed by atoms with Gasteiger partial charge >= 0.3 is 0 Å². The van der Waals surface area contributed by atoms with Gasteiger partial charge in [-0.1, -0.05) is 24.3 Å². The number of nitrogens with one attached hydrogen (secondary N) is 1. The quantitative estimate of drug-likeness (QED) is 0.783. The van der Waals surface area contributed by atoms with Gasteiger partial charge < -0.3 is 14.5 Å². The molecule has 1 amide bonds. The molecule has 0 aliphatic carbocycles. The highest BCUT2D eigenvalue weighted by molar-refractivity contribution is 5.87. The second-order valence-corrected chi connectivity index (χ2v) is 5.57. The largest absolute Gasteiger partial charge is 0.497 e. The lowest BCUT2D eigenvalue weighted by Crippen LogP contribution is -2.24. The van der Waals surface area contributed by atoms with Gasteiger partial charge in [0.1, 0.15) is 11.3 Å². The zero-order valence-corrected chi connectivity index (χ0v) is 13.3. The number of amides is 1. The molecule has 4 heteroatoms. The van der Waals surface area contributed by atoms with Gasteiger partial charge in [0, 0.05) is 17.5 Å². The normalized spacial score (nSPS) is 10.7. The summed E-state index contributed by atoms with van der Waals surface area (Å²) in [5.74, 6) is 0.754. The third-order valence-electron chi connectivity index (χ3n) is 3.79. The topological polar surface area (TPSA) is 51.5 Å². The maximum atomic E-state index is 12.2. The molecule has 0 fully saturated rings. The lowest BCUT2D eigenvalue weighted by atomic mass is 10.1. The highest BCUT2D eigenvalue weighted by Gasteiger charge is 2.10. The molecule has 0 radical (unpaired) electrons. The van der Waals surface area contributed by atoms with E-state index in [-0.39, 0.29) is 5.91 Å². The predicted octanol–water partition coefficient (Wildman–Crippen LogP) is 3.61. The number of furan rings is 1. The van der Waals surface area contributed by atoms with Crippen LogP contribution in [0.3, 0.4) is 0 Å². The second-order valence-electron chi connectivity index (χ2n) is 5.57. The lowest BCUT2D eigenvalue weighted by molar-refractivity contribution is -0.120. The first-order chi connectivity index (χ1) is 11.2. The highest BCUT2D eigenvalue weighted by atomic mass is 16.5. The van der Waals surface area contributed by atoms with Crippen molar-refractivity contribution in [2.45, 2.75) is 19.9 Å². The van der Waals surface area contributed by atoms with Crippen molar-refractivity contribution in [2.75, 3.05) is 7.11 Å². The van der Waals surface area contributed by atoms with Gasteiger partial charge in [0.2, 0.25) is 5.91 Å². The van der Waals surface area contributed by atoms with Crippen molar-refractivity contribution in [1.29, 1.82) is 0 Å². The first kappa shape index (κ1) is 15.2. The maximum absolute atomic E-state index is 12.2. The second kappa shape index (κ2) is 6.57. The molecular weight excluding hydrogens is 290 g/mol. The summed E-state index contributed by atoms with van der Waals surface area (Å²) in [6.45, 7) is 2.49. The summed E-state index contributed by atoms with van der Waals surface area (Å²) in [6, 6.07) is 13.7. The molecular formula is C19H19NO3. The predicted molar refractivity (Wildman–Crippen MR) is 89.5 cm³/mol. The van der Waals surface area contributed by atoms with E-state index in [1.807, 2.05) is 49.4 Å². The number of hydrogen-bond acceptors (Lipinski definition) is 3. The molecule has 118 valence electrons. The summed E-state index contributed by atoms with van der Waals surface area (Å²) in [4.78, 5) is 12.2. The molecule has 3 rings (SSSR count). The Labute approximate surface area is 135 Å². The van der Waals surface area contributed by atoms with Crippen molar-refractivity contribution >= 4 is 16.9 Å². The Morgan fingerprint density at radius 1 is 1.22 bits per heavy atom. The fraction of sp³-hybridized carbons (Fsp3) is 0.211. The minimum atomic E-state index is -0.0314. The van der Waals surface area contributed by atoms with Crippen LogP contribution in [0.25, 0.3) is 11.0 Å². The van der Waals surface area contributed by atoms with Crippen LogP contribution in [0.4, 0.5) is 0 Å². The van der Waals surface area contributed by atoms with E-state index < -0.39 is 0 Å². The van der Waals surface area contributed by atoms with Crippen molar-refractivity contribution in [3.63, 3.8) is 0 Å². The number of hydrogen-bond donors (Lipinski definition) is 1. The molecule has 0 atom stereocenters. The molecule has 1 N–H and O–H groups in total. The molecule has 1 heterocycles. The Morgan fingerprint density at radius 3 is 2.91 bits per heavy atom. The van der Waals surface area contributed by atoms with Gasteiger partial charge in [0.15, 0.2) is 0 Å². The Bertz CT molecular complexity index is 836. The lowest BCUT2D eigenvalue weighted by Gasteiger charge is -2.06. The summed E-state index contributed by atoms with van der Waals surface area (Å²) >= 11 is 0. The Morgan fingerprint density at radius 2 is 2.09 bits per heavy atom. The van der Waals surface area contributed by atoms with Gasteiger partial charge in [-0.3, -0.25) is 4.79 Å². The van der Waals surface area contributed by atoms with Crippen LogP contribution < -0.4 is 10.1 Å². The minimum absolute atomic E-state index is 0.0314. The number of rotatable bonds is 5. The number of carbonyl (C=O) groups excluding carboxylic acids is 1. The van der Waals surface area contributed by atoms with Crippen molar-refractivity contribution < 1.29 is 13.9 Å².